The van der Waals surface area contributed by atoms with Crippen LogP contribution in [0.2, 0.25) is 0 Å². The van der Waals surface area contributed by atoms with Crippen LogP contribution >= 0.6 is 23.2 Å². The molecule has 0 fully saturated rings. The van der Waals surface area contributed by atoms with Gasteiger partial charge in [-0.3, -0.25) is 14.5 Å². The predicted molar refractivity (Wildman–Crippen MR) is 127 cm³/mol. The lowest BCUT2D eigenvalue weighted by molar-refractivity contribution is 0.0694. The largest absolute Gasteiger partial charge is 0.477 e. The second-order valence-electron chi connectivity index (χ2n) is 7.38. The van der Waals surface area contributed by atoms with Gasteiger partial charge < -0.3 is 9.67 Å². The summed E-state index contributed by atoms with van der Waals surface area (Å²) >= 11 is 11.7. The highest BCUT2D eigenvalue weighted by molar-refractivity contribution is 6.18. The average molecular weight is 475 g/mol. The van der Waals surface area contributed by atoms with Crippen molar-refractivity contribution in [3.05, 3.63) is 81.1 Å². The van der Waals surface area contributed by atoms with E-state index in [1.165, 1.54) is 12.3 Å². The Kier molecular flexibility index (Phi) is 8.07. The number of carboxylic acids is 1. The summed E-state index contributed by atoms with van der Waals surface area (Å²) in [4.78, 5) is 39.3. The molecule has 1 N–H and O–H groups in total. The van der Waals surface area contributed by atoms with Gasteiger partial charge in [0.25, 0.3) is 0 Å². The zero-order valence-corrected chi connectivity index (χ0v) is 19.2. The second-order valence-corrected chi connectivity index (χ2v) is 8.13. The molecule has 8 heteroatoms. The van der Waals surface area contributed by atoms with E-state index in [4.69, 9.17) is 23.2 Å². The third-order valence-corrected chi connectivity index (χ3v) is 5.65. The van der Waals surface area contributed by atoms with Crippen LogP contribution in [0.1, 0.15) is 38.8 Å². The molecule has 0 amide bonds. The van der Waals surface area contributed by atoms with Gasteiger partial charge >= 0.3 is 5.97 Å². The van der Waals surface area contributed by atoms with Crippen molar-refractivity contribution in [3.63, 3.8) is 0 Å². The first-order valence-electron chi connectivity index (χ1n) is 10.3. The third-order valence-electron chi connectivity index (χ3n) is 5.31. The van der Waals surface area contributed by atoms with Gasteiger partial charge in [0, 0.05) is 60.6 Å². The summed E-state index contributed by atoms with van der Waals surface area (Å²) in [6.45, 7) is 4.34. The number of carboxylic acid groups (broad SMARTS) is 1. The third kappa shape index (κ3) is 5.21. The molecule has 1 heterocycles. The van der Waals surface area contributed by atoms with E-state index in [1.54, 1.807) is 22.8 Å². The number of hydrogen-bond donors (Lipinski definition) is 1. The monoisotopic (exact) mass is 474 g/mol. The number of pyridine rings is 1. The van der Waals surface area contributed by atoms with Crippen molar-refractivity contribution in [2.45, 2.75) is 20.0 Å². The number of aromatic nitrogens is 1. The minimum atomic E-state index is -1.27. The van der Waals surface area contributed by atoms with E-state index < -0.39 is 11.4 Å². The van der Waals surface area contributed by atoms with Crippen molar-refractivity contribution in [2.24, 2.45) is 0 Å². The Bertz CT molecular complexity index is 1200. The molecular weight excluding hydrogens is 451 g/mol. The summed E-state index contributed by atoms with van der Waals surface area (Å²) in [5.74, 6) is -0.453. The maximum absolute atomic E-state index is 13.2. The molecule has 0 saturated heterocycles. The van der Waals surface area contributed by atoms with E-state index in [0.717, 1.165) is 5.56 Å². The molecule has 3 aromatic rings. The molecule has 0 aliphatic heterocycles. The number of aryl methyl sites for hydroxylation is 1. The number of nitrogens with zero attached hydrogens (tertiary/aromatic N) is 2. The molecule has 6 nitrogen and oxygen atoms in total. The quantitative estimate of drug-likeness (QED) is 0.351. The zero-order chi connectivity index (χ0) is 23.3. The lowest BCUT2D eigenvalue weighted by atomic mass is 9.99. The van der Waals surface area contributed by atoms with Gasteiger partial charge in [0.1, 0.15) is 5.56 Å². The van der Waals surface area contributed by atoms with Gasteiger partial charge in [-0.15, -0.1) is 23.2 Å². The molecule has 0 bridgehead atoms. The van der Waals surface area contributed by atoms with Crippen LogP contribution in [0.5, 0.6) is 0 Å². The number of rotatable bonds is 10. The fraction of sp³-hybridized carbons (Fsp3) is 0.292. The summed E-state index contributed by atoms with van der Waals surface area (Å²) in [6.07, 6.45) is 1.32. The standard InChI is InChI=1S/C24H24Cl2N2O4/c1-2-28-15-20(24(31)32)23(30)19-7-6-18(13-21(19)28)22(29)17-5-3-4-16(12-17)14-27(10-8-25)11-9-26/h3-7,12-13,15H,2,8-11,14H2,1H3,(H,31,32). The molecule has 3 rings (SSSR count). The average Bonchev–Trinajstić information content (AvgIpc) is 2.79. The molecule has 0 radical (unpaired) electrons. The number of carbonyl (C=O) groups excluding carboxylic acids is 1. The number of carbonyl (C=O) groups is 2. The fourth-order valence-corrected chi connectivity index (χ4v) is 4.17. The van der Waals surface area contributed by atoms with E-state index in [9.17, 15) is 19.5 Å². The Labute approximate surface area is 196 Å². The number of fused-ring (bicyclic) bond motifs is 1. The molecule has 0 spiro atoms. The van der Waals surface area contributed by atoms with Gasteiger partial charge in [-0.25, -0.2) is 4.79 Å². The van der Waals surface area contributed by atoms with Crippen molar-refractivity contribution in [1.82, 2.24) is 9.47 Å². The number of aromatic carboxylic acids is 1. The molecule has 0 saturated carbocycles. The molecule has 168 valence electrons. The Morgan fingerprint density at radius 3 is 2.34 bits per heavy atom. The molecule has 32 heavy (non-hydrogen) atoms. The van der Waals surface area contributed by atoms with Crippen molar-refractivity contribution in [3.8, 4) is 0 Å². The van der Waals surface area contributed by atoms with Crippen molar-refractivity contribution in [2.75, 3.05) is 24.8 Å². The maximum atomic E-state index is 13.2. The van der Waals surface area contributed by atoms with E-state index >= 15 is 0 Å². The lowest BCUT2D eigenvalue weighted by Crippen LogP contribution is -2.27. The molecule has 0 unspecified atom stereocenters. The Morgan fingerprint density at radius 2 is 1.72 bits per heavy atom. The van der Waals surface area contributed by atoms with Crippen LogP contribution < -0.4 is 5.43 Å². The van der Waals surface area contributed by atoms with E-state index in [-0.39, 0.29) is 16.7 Å². The molecule has 0 aliphatic rings. The smallest absolute Gasteiger partial charge is 0.341 e. The molecule has 0 aliphatic carbocycles. The number of halogens is 2. The SMILES string of the molecule is CCn1cc(C(=O)O)c(=O)c2ccc(C(=O)c3cccc(CN(CCCl)CCCl)c3)cc21. The normalized spacial score (nSPS) is 11.2. The maximum Gasteiger partial charge on any atom is 0.341 e. The van der Waals surface area contributed by atoms with Crippen LogP contribution in [0, 0.1) is 0 Å². The minimum absolute atomic E-state index is 0.174. The summed E-state index contributed by atoms with van der Waals surface area (Å²) in [7, 11) is 0. The molecular formula is C24H24Cl2N2O4. The fourth-order valence-electron chi connectivity index (χ4n) is 3.69. The van der Waals surface area contributed by atoms with E-state index in [2.05, 4.69) is 4.90 Å². The molecule has 2 aromatic carbocycles. The first kappa shape index (κ1) is 24.0. The van der Waals surface area contributed by atoms with Gasteiger partial charge in [0.2, 0.25) is 5.43 Å². The number of ketones is 1. The second kappa shape index (κ2) is 10.8. The summed E-state index contributed by atoms with van der Waals surface area (Å²) in [5.41, 5.74) is 1.62. The number of benzene rings is 2. The van der Waals surface area contributed by atoms with Gasteiger partial charge in [0.05, 0.1) is 5.52 Å². The summed E-state index contributed by atoms with van der Waals surface area (Å²) in [6, 6.07) is 12.1. The van der Waals surface area contributed by atoms with Crippen LogP contribution in [-0.4, -0.2) is 51.2 Å². The van der Waals surface area contributed by atoms with Crippen LogP contribution in [-0.2, 0) is 13.1 Å². The Hall–Kier alpha value is -2.67. The van der Waals surface area contributed by atoms with Gasteiger partial charge in [-0.2, -0.15) is 0 Å². The molecule has 0 atom stereocenters. The zero-order valence-electron chi connectivity index (χ0n) is 17.7. The minimum Gasteiger partial charge on any atom is -0.477 e. The van der Waals surface area contributed by atoms with Crippen LogP contribution in [0.3, 0.4) is 0 Å². The molecule has 1 aromatic heterocycles. The Morgan fingerprint density at radius 1 is 1.03 bits per heavy atom. The van der Waals surface area contributed by atoms with Crippen molar-refractivity contribution >= 4 is 45.9 Å². The highest BCUT2D eigenvalue weighted by Crippen LogP contribution is 2.19. The highest BCUT2D eigenvalue weighted by atomic mass is 35.5. The van der Waals surface area contributed by atoms with Crippen molar-refractivity contribution < 1.29 is 14.7 Å². The van der Waals surface area contributed by atoms with Crippen LogP contribution in [0.15, 0.2) is 53.5 Å². The highest BCUT2D eigenvalue weighted by Gasteiger charge is 2.17. The van der Waals surface area contributed by atoms with Crippen LogP contribution in [0.4, 0.5) is 0 Å². The van der Waals surface area contributed by atoms with Gasteiger partial charge in [-0.1, -0.05) is 24.3 Å². The van der Waals surface area contributed by atoms with Crippen LogP contribution in [0.25, 0.3) is 10.9 Å². The van der Waals surface area contributed by atoms with E-state index in [0.29, 0.717) is 54.6 Å². The van der Waals surface area contributed by atoms with Crippen molar-refractivity contribution in [1.29, 1.82) is 0 Å². The first-order valence-corrected chi connectivity index (χ1v) is 11.3. The number of alkyl halides is 2. The van der Waals surface area contributed by atoms with E-state index in [1.807, 2.05) is 25.1 Å². The predicted octanol–water partition coefficient (Wildman–Crippen LogP) is 4.23. The summed E-state index contributed by atoms with van der Waals surface area (Å²) in [5, 5.41) is 9.58. The summed E-state index contributed by atoms with van der Waals surface area (Å²) < 4.78 is 1.67. The topological polar surface area (TPSA) is 79.6 Å². The van der Waals surface area contributed by atoms with Gasteiger partial charge in [-0.05, 0) is 30.7 Å². The first-order chi connectivity index (χ1) is 15.4. The number of hydrogen-bond acceptors (Lipinski definition) is 4. The Balaban J connectivity index is 1.97. The van der Waals surface area contributed by atoms with Gasteiger partial charge in [0.15, 0.2) is 5.78 Å². The lowest BCUT2D eigenvalue weighted by Gasteiger charge is -2.20.